The van der Waals surface area contributed by atoms with Gasteiger partial charge in [-0.3, -0.25) is 4.99 Å². The number of thioether (sulfide) groups is 1. The number of ether oxygens (including phenoxy) is 1. The number of hydrazone groups is 1. The number of amidine groups is 1. The van der Waals surface area contributed by atoms with E-state index in [-0.39, 0.29) is 5.41 Å². The van der Waals surface area contributed by atoms with E-state index in [4.69, 9.17) is 9.84 Å². The summed E-state index contributed by atoms with van der Waals surface area (Å²) in [7, 11) is 3.68. The third-order valence-electron chi connectivity index (χ3n) is 3.72. The fraction of sp³-hybridized carbons (Fsp3) is 0.556. The number of nitrogens with zero attached hydrogens (tertiary/aromatic N) is 3. The third-order valence-corrected chi connectivity index (χ3v) is 4.79. The van der Waals surface area contributed by atoms with Crippen molar-refractivity contribution >= 4 is 22.6 Å². The SMILES string of the molecule is COCCCN=C1SCC(c2ccc(C(C)(C)C)cc2)=NN1C. The average Bonchev–Trinajstić information content (AvgIpc) is 2.52. The molecule has 1 aromatic rings. The van der Waals surface area contributed by atoms with Gasteiger partial charge >= 0.3 is 0 Å². The number of aliphatic imine (C=N–C) groups is 1. The summed E-state index contributed by atoms with van der Waals surface area (Å²) < 4.78 is 5.05. The minimum absolute atomic E-state index is 0.181. The zero-order valence-corrected chi connectivity index (χ0v) is 15.6. The molecule has 2 rings (SSSR count). The highest BCUT2D eigenvalue weighted by Crippen LogP contribution is 2.24. The standard InChI is InChI=1S/C18H27N3OS/c1-18(2,3)15-9-7-14(8-10-15)16-13-23-17(21(4)20-16)19-11-6-12-22-5/h7-10H,6,11-13H2,1-5H3. The molecular weight excluding hydrogens is 306 g/mol. The molecule has 0 radical (unpaired) electrons. The van der Waals surface area contributed by atoms with Crippen molar-refractivity contribution in [2.45, 2.75) is 32.6 Å². The first-order chi connectivity index (χ1) is 10.9. The Labute approximate surface area is 144 Å². The Morgan fingerprint density at radius 1 is 1.26 bits per heavy atom. The fourth-order valence-electron chi connectivity index (χ4n) is 2.31. The minimum atomic E-state index is 0.181. The van der Waals surface area contributed by atoms with Crippen molar-refractivity contribution in [1.82, 2.24) is 5.01 Å². The number of rotatable bonds is 5. The number of methoxy groups -OCH3 is 1. The number of hydrogen-bond donors (Lipinski definition) is 0. The van der Waals surface area contributed by atoms with Gasteiger partial charge in [-0.1, -0.05) is 56.8 Å². The van der Waals surface area contributed by atoms with Crippen LogP contribution in [0.5, 0.6) is 0 Å². The molecule has 0 bridgehead atoms. The van der Waals surface area contributed by atoms with Crippen LogP contribution in [0.2, 0.25) is 0 Å². The van der Waals surface area contributed by atoms with Gasteiger partial charge in [-0.05, 0) is 23.0 Å². The Morgan fingerprint density at radius 3 is 2.52 bits per heavy atom. The highest BCUT2D eigenvalue weighted by atomic mass is 32.2. The molecule has 0 unspecified atom stereocenters. The van der Waals surface area contributed by atoms with Crippen molar-refractivity contribution in [2.24, 2.45) is 10.1 Å². The second kappa shape index (κ2) is 7.97. The van der Waals surface area contributed by atoms with Crippen LogP contribution < -0.4 is 0 Å². The summed E-state index contributed by atoms with van der Waals surface area (Å²) in [5, 5.41) is 7.56. The molecule has 1 aliphatic heterocycles. The van der Waals surface area contributed by atoms with Crippen molar-refractivity contribution in [1.29, 1.82) is 0 Å². The van der Waals surface area contributed by atoms with Crippen LogP contribution in [-0.2, 0) is 10.2 Å². The first-order valence-electron chi connectivity index (χ1n) is 8.00. The van der Waals surface area contributed by atoms with E-state index in [1.165, 1.54) is 11.1 Å². The Kier molecular flexibility index (Phi) is 6.25. The van der Waals surface area contributed by atoms with Crippen molar-refractivity contribution in [3.63, 3.8) is 0 Å². The van der Waals surface area contributed by atoms with Gasteiger partial charge in [0.05, 0.1) is 5.71 Å². The van der Waals surface area contributed by atoms with E-state index in [0.717, 1.165) is 36.2 Å². The maximum absolute atomic E-state index is 5.05. The molecule has 126 valence electrons. The molecule has 0 spiro atoms. The smallest absolute Gasteiger partial charge is 0.179 e. The summed E-state index contributed by atoms with van der Waals surface area (Å²) in [6.45, 7) is 8.23. The van der Waals surface area contributed by atoms with Gasteiger partial charge in [0.15, 0.2) is 5.17 Å². The van der Waals surface area contributed by atoms with E-state index in [2.05, 4.69) is 50.0 Å². The molecule has 0 N–H and O–H groups in total. The van der Waals surface area contributed by atoms with Crippen LogP contribution in [0.25, 0.3) is 0 Å². The first kappa shape index (κ1) is 18.0. The summed E-state index contributed by atoms with van der Waals surface area (Å²) in [4.78, 5) is 4.59. The van der Waals surface area contributed by atoms with Gasteiger partial charge in [0, 0.05) is 33.1 Å². The molecule has 1 aliphatic rings. The molecule has 0 amide bonds. The van der Waals surface area contributed by atoms with Crippen molar-refractivity contribution < 1.29 is 4.74 Å². The van der Waals surface area contributed by atoms with Crippen LogP contribution in [0.4, 0.5) is 0 Å². The van der Waals surface area contributed by atoms with E-state index in [9.17, 15) is 0 Å². The van der Waals surface area contributed by atoms with Gasteiger partial charge in [0.25, 0.3) is 0 Å². The highest BCUT2D eigenvalue weighted by molar-refractivity contribution is 8.14. The lowest BCUT2D eigenvalue weighted by Crippen LogP contribution is -2.28. The zero-order valence-electron chi connectivity index (χ0n) is 14.8. The van der Waals surface area contributed by atoms with Crippen LogP contribution in [0, 0.1) is 0 Å². The lowest BCUT2D eigenvalue weighted by Gasteiger charge is -2.23. The first-order valence-corrected chi connectivity index (χ1v) is 8.98. The maximum Gasteiger partial charge on any atom is 0.179 e. The van der Waals surface area contributed by atoms with E-state index >= 15 is 0 Å². The fourth-order valence-corrected chi connectivity index (χ4v) is 3.21. The summed E-state index contributed by atoms with van der Waals surface area (Å²) in [6, 6.07) is 8.76. The molecule has 0 fully saturated rings. The molecule has 4 nitrogen and oxygen atoms in total. The topological polar surface area (TPSA) is 37.2 Å². The van der Waals surface area contributed by atoms with E-state index in [1.807, 2.05) is 12.1 Å². The van der Waals surface area contributed by atoms with Crippen LogP contribution in [0.3, 0.4) is 0 Å². The molecule has 0 saturated heterocycles. The van der Waals surface area contributed by atoms with Gasteiger partial charge in [0.2, 0.25) is 0 Å². The van der Waals surface area contributed by atoms with Gasteiger partial charge in [-0.25, -0.2) is 5.01 Å². The van der Waals surface area contributed by atoms with Gasteiger partial charge in [-0.15, -0.1) is 0 Å². The lowest BCUT2D eigenvalue weighted by molar-refractivity contribution is 0.197. The Balaban J connectivity index is 2.05. The predicted octanol–water partition coefficient (Wildman–Crippen LogP) is 3.76. The average molecular weight is 334 g/mol. The Hall–Kier alpha value is -1.33. The van der Waals surface area contributed by atoms with Gasteiger partial charge < -0.3 is 4.74 Å². The van der Waals surface area contributed by atoms with Crippen molar-refractivity contribution in [3.05, 3.63) is 35.4 Å². The van der Waals surface area contributed by atoms with Crippen LogP contribution in [0.15, 0.2) is 34.4 Å². The number of benzene rings is 1. The third kappa shape index (κ3) is 5.08. The second-order valence-corrected chi connectivity index (χ2v) is 7.64. The maximum atomic E-state index is 5.05. The van der Waals surface area contributed by atoms with Crippen LogP contribution in [0.1, 0.15) is 38.3 Å². The summed E-state index contributed by atoms with van der Waals surface area (Å²) >= 11 is 1.75. The Morgan fingerprint density at radius 2 is 1.96 bits per heavy atom. The quantitative estimate of drug-likeness (QED) is 0.770. The minimum Gasteiger partial charge on any atom is -0.385 e. The lowest BCUT2D eigenvalue weighted by atomic mass is 9.86. The molecule has 0 saturated carbocycles. The van der Waals surface area contributed by atoms with E-state index in [1.54, 1.807) is 18.9 Å². The van der Waals surface area contributed by atoms with E-state index < -0.39 is 0 Å². The van der Waals surface area contributed by atoms with Crippen molar-refractivity contribution in [2.75, 3.05) is 33.1 Å². The largest absolute Gasteiger partial charge is 0.385 e. The number of hydrogen-bond acceptors (Lipinski definition) is 4. The Bertz CT molecular complexity index is 573. The molecule has 0 atom stereocenters. The highest BCUT2D eigenvalue weighted by Gasteiger charge is 2.18. The van der Waals surface area contributed by atoms with Crippen LogP contribution in [-0.4, -0.2) is 49.0 Å². The summed E-state index contributed by atoms with van der Waals surface area (Å²) in [6.07, 6.45) is 0.944. The molecule has 1 heterocycles. The normalized spacial score (nSPS) is 17.5. The molecule has 1 aromatic carbocycles. The van der Waals surface area contributed by atoms with Gasteiger partial charge in [-0.2, -0.15) is 5.10 Å². The zero-order chi connectivity index (χ0) is 16.9. The van der Waals surface area contributed by atoms with E-state index in [0.29, 0.717) is 0 Å². The molecule has 5 heteroatoms. The molecule has 23 heavy (non-hydrogen) atoms. The molecule has 0 aromatic heterocycles. The van der Waals surface area contributed by atoms with Crippen molar-refractivity contribution in [3.8, 4) is 0 Å². The van der Waals surface area contributed by atoms with Crippen LogP contribution >= 0.6 is 11.8 Å². The summed E-state index contributed by atoms with van der Waals surface area (Å²) in [5.41, 5.74) is 3.82. The molecular formula is C18H27N3OS. The molecule has 0 aliphatic carbocycles. The predicted molar refractivity (Wildman–Crippen MR) is 101 cm³/mol. The second-order valence-electron chi connectivity index (χ2n) is 6.70. The summed E-state index contributed by atoms with van der Waals surface area (Å²) in [5.74, 6) is 0.863. The van der Waals surface area contributed by atoms with Gasteiger partial charge in [0.1, 0.15) is 0 Å². The monoisotopic (exact) mass is 333 g/mol.